The second-order valence-corrected chi connectivity index (χ2v) is 4.68. The number of methoxy groups -OCH3 is 1. The smallest absolute Gasteiger partial charge is 0.136 e. The minimum absolute atomic E-state index is 0.902. The van der Waals surface area contributed by atoms with E-state index in [1.807, 2.05) is 0 Å². The van der Waals surface area contributed by atoms with Crippen molar-refractivity contribution in [1.82, 2.24) is 0 Å². The number of halogens is 1. The standard InChI is InChI=1S/C11H11BrOS/c1-7-3-9-8(5-12)6-14-11(9)10(4-7)13-2/h3-4,6H,5H2,1-2H3. The first kappa shape index (κ1) is 9.99. The van der Waals surface area contributed by atoms with Crippen molar-refractivity contribution < 1.29 is 4.74 Å². The number of benzene rings is 1. The number of fused-ring (bicyclic) bond motifs is 1. The summed E-state index contributed by atoms with van der Waals surface area (Å²) in [5.41, 5.74) is 2.59. The van der Waals surface area contributed by atoms with Gasteiger partial charge in [0, 0.05) is 10.7 Å². The zero-order valence-corrected chi connectivity index (χ0v) is 10.5. The Balaban J connectivity index is 2.76. The molecule has 1 aromatic heterocycles. The molecule has 74 valence electrons. The van der Waals surface area contributed by atoms with Crippen molar-refractivity contribution in [2.24, 2.45) is 0 Å². The highest BCUT2D eigenvalue weighted by Gasteiger charge is 2.08. The van der Waals surface area contributed by atoms with Crippen LogP contribution in [0.25, 0.3) is 10.1 Å². The van der Waals surface area contributed by atoms with E-state index >= 15 is 0 Å². The summed E-state index contributed by atoms with van der Waals surface area (Å²) in [6.45, 7) is 2.09. The quantitative estimate of drug-likeness (QED) is 0.747. The van der Waals surface area contributed by atoms with E-state index in [-0.39, 0.29) is 0 Å². The van der Waals surface area contributed by atoms with Gasteiger partial charge in [0.2, 0.25) is 0 Å². The van der Waals surface area contributed by atoms with Gasteiger partial charge in [0.05, 0.1) is 11.8 Å². The molecule has 0 aliphatic heterocycles. The molecule has 1 aromatic carbocycles. The number of hydrogen-bond donors (Lipinski definition) is 0. The highest BCUT2D eigenvalue weighted by atomic mass is 79.9. The van der Waals surface area contributed by atoms with Gasteiger partial charge in [0.25, 0.3) is 0 Å². The first-order chi connectivity index (χ1) is 6.76. The molecule has 1 nitrogen and oxygen atoms in total. The molecule has 2 rings (SSSR count). The van der Waals surface area contributed by atoms with Crippen molar-refractivity contribution in [3.63, 3.8) is 0 Å². The van der Waals surface area contributed by atoms with Crippen LogP contribution in [0.1, 0.15) is 11.1 Å². The second-order valence-electron chi connectivity index (χ2n) is 3.24. The number of thiophene rings is 1. The van der Waals surface area contributed by atoms with Crippen molar-refractivity contribution >= 4 is 37.4 Å². The summed E-state index contributed by atoms with van der Waals surface area (Å²) in [5, 5.41) is 4.39. The van der Waals surface area contributed by atoms with Crippen molar-refractivity contribution in [3.05, 3.63) is 28.6 Å². The van der Waals surface area contributed by atoms with E-state index in [9.17, 15) is 0 Å². The Morgan fingerprint density at radius 2 is 2.21 bits per heavy atom. The van der Waals surface area contributed by atoms with E-state index in [1.54, 1.807) is 18.4 Å². The van der Waals surface area contributed by atoms with Crippen molar-refractivity contribution in [2.75, 3.05) is 7.11 Å². The van der Waals surface area contributed by atoms with E-state index in [0.29, 0.717) is 0 Å². The van der Waals surface area contributed by atoms with Gasteiger partial charge in [0.15, 0.2) is 0 Å². The number of rotatable bonds is 2. The summed E-state index contributed by atoms with van der Waals surface area (Å²) in [6, 6.07) is 4.29. The summed E-state index contributed by atoms with van der Waals surface area (Å²) in [5.74, 6) is 0.984. The normalized spacial score (nSPS) is 10.8. The molecule has 0 radical (unpaired) electrons. The van der Waals surface area contributed by atoms with Gasteiger partial charge in [0.1, 0.15) is 5.75 Å². The zero-order chi connectivity index (χ0) is 10.1. The Labute approximate surface area is 95.8 Å². The first-order valence-electron chi connectivity index (χ1n) is 4.37. The van der Waals surface area contributed by atoms with Gasteiger partial charge in [-0.15, -0.1) is 11.3 Å². The average Bonchev–Trinajstić information content (AvgIpc) is 2.59. The van der Waals surface area contributed by atoms with Gasteiger partial charge >= 0.3 is 0 Å². The third kappa shape index (κ3) is 1.55. The molecule has 0 saturated carbocycles. The van der Waals surface area contributed by atoms with Crippen LogP contribution in [0.15, 0.2) is 17.5 Å². The van der Waals surface area contributed by atoms with Gasteiger partial charge in [-0.2, -0.15) is 0 Å². The predicted octanol–water partition coefficient (Wildman–Crippen LogP) is 4.11. The van der Waals surface area contributed by atoms with Gasteiger partial charge in [-0.3, -0.25) is 0 Å². The van der Waals surface area contributed by atoms with Crippen LogP contribution in [0.4, 0.5) is 0 Å². The fraction of sp³-hybridized carbons (Fsp3) is 0.273. The lowest BCUT2D eigenvalue weighted by molar-refractivity contribution is 0.420. The van der Waals surface area contributed by atoms with E-state index in [2.05, 4.69) is 40.4 Å². The Morgan fingerprint density at radius 3 is 2.86 bits per heavy atom. The van der Waals surface area contributed by atoms with E-state index < -0.39 is 0 Å². The first-order valence-corrected chi connectivity index (χ1v) is 6.37. The lowest BCUT2D eigenvalue weighted by Gasteiger charge is -2.03. The zero-order valence-electron chi connectivity index (χ0n) is 8.13. The van der Waals surface area contributed by atoms with Crippen LogP contribution in [0.2, 0.25) is 0 Å². The van der Waals surface area contributed by atoms with Crippen molar-refractivity contribution in [3.8, 4) is 5.75 Å². The fourth-order valence-corrected chi connectivity index (χ4v) is 3.27. The minimum atomic E-state index is 0.902. The summed E-state index contributed by atoms with van der Waals surface area (Å²) >= 11 is 5.24. The molecule has 0 spiro atoms. The largest absolute Gasteiger partial charge is 0.495 e. The maximum atomic E-state index is 5.36. The molecule has 0 atom stereocenters. The predicted molar refractivity (Wildman–Crippen MR) is 65.7 cm³/mol. The van der Waals surface area contributed by atoms with Crippen molar-refractivity contribution in [2.45, 2.75) is 12.3 Å². The van der Waals surface area contributed by atoms with Gasteiger partial charge in [-0.25, -0.2) is 0 Å². The number of ether oxygens (including phenoxy) is 1. The average molecular weight is 271 g/mol. The summed E-state index contributed by atoms with van der Waals surface area (Å²) < 4.78 is 6.60. The van der Waals surface area contributed by atoms with Crippen LogP contribution in [-0.4, -0.2) is 7.11 Å². The molecule has 1 heterocycles. The topological polar surface area (TPSA) is 9.23 Å². The Hall–Kier alpha value is -0.540. The molecule has 3 heteroatoms. The summed E-state index contributed by atoms with van der Waals surface area (Å²) in [6.07, 6.45) is 0. The SMILES string of the molecule is COc1cc(C)cc2c(CBr)csc12. The van der Waals surface area contributed by atoms with Crippen LogP contribution in [0.5, 0.6) is 5.75 Å². The molecule has 0 aliphatic rings. The minimum Gasteiger partial charge on any atom is -0.495 e. The van der Waals surface area contributed by atoms with E-state index in [0.717, 1.165) is 11.1 Å². The van der Waals surface area contributed by atoms with Crippen molar-refractivity contribution in [1.29, 1.82) is 0 Å². The third-order valence-corrected chi connectivity index (χ3v) is 3.89. The molecule has 0 bridgehead atoms. The molecular formula is C11H11BrOS. The number of alkyl halides is 1. The van der Waals surface area contributed by atoms with Crippen LogP contribution in [0.3, 0.4) is 0 Å². The number of aryl methyl sites for hydroxylation is 1. The third-order valence-electron chi connectivity index (χ3n) is 2.23. The van der Waals surface area contributed by atoms with E-state index in [4.69, 9.17) is 4.74 Å². The van der Waals surface area contributed by atoms with Crippen LogP contribution < -0.4 is 4.74 Å². The van der Waals surface area contributed by atoms with Crippen LogP contribution in [0, 0.1) is 6.92 Å². The monoisotopic (exact) mass is 270 g/mol. The number of hydrogen-bond acceptors (Lipinski definition) is 2. The molecule has 0 N–H and O–H groups in total. The van der Waals surface area contributed by atoms with Gasteiger partial charge in [-0.1, -0.05) is 22.0 Å². The lowest BCUT2D eigenvalue weighted by Crippen LogP contribution is -1.84. The second kappa shape index (κ2) is 3.91. The molecule has 14 heavy (non-hydrogen) atoms. The van der Waals surface area contributed by atoms with E-state index in [1.165, 1.54) is 21.2 Å². The Kier molecular flexibility index (Phi) is 2.79. The summed E-state index contributed by atoms with van der Waals surface area (Å²) in [7, 11) is 1.72. The molecule has 0 saturated heterocycles. The lowest BCUT2D eigenvalue weighted by atomic mass is 10.1. The Morgan fingerprint density at radius 1 is 1.43 bits per heavy atom. The maximum absolute atomic E-state index is 5.36. The molecule has 0 aliphatic carbocycles. The van der Waals surface area contributed by atoms with Crippen LogP contribution >= 0.6 is 27.3 Å². The molecular weight excluding hydrogens is 260 g/mol. The molecule has 2 aromatic rings. The molecule has 0 fully saturated rings. The highest BCUT2D eigenvalue weighted by Crippen LogP contribution is 2.35. The van der Waals surface area contributed by atoms with Gasteiger partial charge < -0.3 is 4.74 Å². The molecule has 0 unspecified atom stereocenters. The highest BCUT2D eigenvalue weighted by molar-refractivity contribution is 9.08. The maximum Gasteiger partial charge on any atom is 0.136 e. The fourth-order valence-electron chi connectivity index (χ4n) is 1.55. The summed E-state index contributed by atoms with van der Waals surface area (Å²) in [4.78, 5) is 0. The van der Waals surface area contributed by atoms with Crippen LogP contribution in [-0.2, 0) is 5.33 Å². The Bertz CT molecular complexity index is 462. The molecule has 0 amide bonds. The van der Waals surface area contributed by atoms with Gasteiger partial charge in [-0.05, 0) is 29.5 Å².